The zero-order valence-electron chi connectivity index (χ0n) is 20.6. The van der Waals surface area contributed by atoms with Crippen LogP contribution >= 0.6 is 0 Å². The quantitative estimate of drug-likeness (QED) is 0.470. The summed E-state index contributed by atoms with van der Waals surface area (Å²) >= 11 is 0. The van der Waals surface area contributed by atoms with E-state index in [0.717, 1.165) is 12.8 Å². The van der Waals surface area contributed by atoms with E-state index < -0.39 is 23.2 Å². The number of allylic oxidation sites excluding steroid dienone is 3. The summed E-state index contributed by atoms with van der Waals surface area (Å²) in [7, 11) is 0. The molecule has 0 amide bonds. The van der Waals surface area contributed by atoms with Gasteiger partial charge in [-0.2, -0.15) is 0 Å². The van der Waals surface area contributed by atoms with E-state index in [9.17, 15) is 20.4 Å². The van der Waals surface area contributed by atoms with E-state index in [1.807, 2.05) is 0 Å². The Bertz CT molecular complexity index is 746. The highest BCUT2D eigenvalue weighted by Crippen LogP contribution is 2.69. The molecule has 0 aromatic rings. The van der Waals surface area contributed by atoms with Gasteiger partial charge in [0.05, 0.1) is 18.8 Å². The second-order valence-electron chi connectivity index (χ2n) is 12.4. The van der Waals surface area contributed by atoms with Gasteiger partial charge < -0.3 is 20.4 Å². The van der Waals surface area contributed by atoms with Crippen molar-refractivity contribution in [3.05, 3.63) is 24.3 Å². The van der Waals surface area contributed by atoms with Crippen LogP contribution in [0, 0.1) is 46.3 Å². The topological polar surface area (TPSA) is 80.9 Å². The maximum atomic E-state index is 11.6. The molecule has 0 aromatic heterocycles. The summed E-state index contributed by atoms with van der Waals surface area (Å²) in [6.45, 7) is 13.3. The van der Waals surface area contributed by atoms with Gasteiger partial charge in [0.25, 0.3) is 0 Å². The Morgan fingerprint density at radius 1 is 1.06 bits per heavy atom. The highest BCUT2D eigenvalue weighted by molar-refractivity contribution is 5.20. The van der Waals surface area contributed by atoms with Crippen LogP contribution in [-0.4, -0.2) is 44.8 Å². The molecule has 0 aromatic carbocycles. The molecular formula is C28H46O4. The van der Waals surface area contributed by atoms with Crippen LogP contribution in [0.3, 0.4) is 0 Å². The summed E-state index contributed by atoms with van der Waals surface area (Å²) < 4.78 is 0. The molecule has 3 unspecified atom stereocenters. The van der Waals surface area contributed by atoms with Crippen LogP contribution in [0.1, 0.15) is 79.1 Å². The number of fused-ring (bicyclic) bond motifs is 5. The molecule has 4 saturated carbocycles. The monoisotopic (exact) mass is 446 g/mol. The van der Waals surface area contributed by atoms with Gasteiger partial charge in [0.2, 0.25) is 0 Å². The van der Waals surface area contributed by atoms with Crippen molar-refractivity contribution in [1.29, 1.82) is 0 Å². The van der Waals surface area contributed by atoms with Crippen LogP contribution in [0.15, 0.2) is 24.3 Å². The first-order valence-corrected chi connectivity index (χ1v) is 13.1. The Hall–Kier alpha value is -0.680. The SMILES string of the molecule is C=C(/C=C/[C@@H](C)[C@H]1CCC2C3C[C@@H](O)[C@@]4(O)C[C@@H](O)CC[C@]4(CO)C3CC[C@@]21C)C(C)C. The molecule has 4 aliphatic carbocycles. The lowest BCUT2D eigenvalue weighted by Gasteiger charge is -2.65. The third-order valence-electron chi connectivity index (χ3n) is 10.9. The fourth-order valence-electron chi connectivity index (χ4n) is 8.87. The summed E-state index contributed by atoms with van der Waals surface area (Å²) in [5, 5.41) is 43.8. The molecule has 10 atom stereocenters. The Labute approximate surface area is 194 Å². The van der Waals surface area contributed by atoms with E-state index in [4.69, 9.17) is 0 Å². The zero-order chi connectivity index (χ0) is 23.5. The second kappa shape index (κ2) is 8.52. The number of aliphatic hydroxyl groups is 4. The van der Waals surface area contributed by atoms with E-state index in [1.54, 1.807) is 0 Å². The molecule has 4 heteroatoms. The Morgan fingerprint density at radius 3 is 2.44 bits per heavy atom. The number of hydrogen-bond donors (Lipinski definition) is 4. The second-order valence-corrected chi connectivity index (χ2v) is 12.4. The molecule has 4 fully saturated rings. The molecule has 32 heavy (non-hydrogen) atoms. The predicted molar refractivity (Wildman–Crippen MR) is 128 cm³/mol. The predicted octanol–water partition coefficient (Wildman–Crippen LogP) is 4.47. The summed E-state index contributed by atoms with van der Waals surface area (Å²) in [5.74, 6) is 2.63. The van der Waals surface area contributed by atoms with Gasteiger partial charge in [-0.1, -0.05) is 52.0 Å². The molecule has 4 aliphatic rings. The minimum atomic E-state index is -1.38. The highest BCUT2D eigenvalue weighted by Gasteiger charge is 2.69. The summed E-state index contributed by atoms with van der Waals surface area (Å²) in [4.78, 5) is 0. The van der Waals surface area contributed by atoms with E-state index in [1.165, 1.54) is 18.4 Å². The minimum absolute atomic E-state index is 0.0994. The van der Waals surface area contributed by atoms with Gasteiger partial charge in [-0.05, 0) is 85.9 Å². The zero-order valence-corrected chi connectivity index (χ0v) is 20.6. The van der Waals surface area contributed by atoms with Crippen molar-refractivity contribution >= 4 is 0 Å². The largest absolute Gasteiger partial charge is 0.396 e. The normalized spacial score (nSPS) is 49.5. The van der Waals surface area contributed by atoms with Crippen LogP contribution in [0.2, 0.25) is 0 Å². The summed E-state index contributed by atoms with van der Waals surface area (Å²) in [5.41, 5.74) is -0.655. The van der Waals surface area contributed by atoms with Gasteiger partial charge in [0.1, 0.15) is 5.60 Å². The first-order valence-electron chi connectivity index (χ1n) is 13.1. The van der Waals surface area contributed by atoms with Gasteiger partial charge in [-0.15, -0.1) is 0 Å². The van der Waals surface area contributed by atoms with Gasteiger partial charge in [0.15, 0.2) is 0 Å². The highest BCUT2D eigenvalue weighted by atomic mass is 16.4. The first-order chi connectivity index (χ1) is 15.0. The van der Waals surface area contributed by atoms with E-state index in [0.29, 0.717) is 48.9 Å². The fraction of sp³-hybridized carbons (Fsp3) is 0.857. The molecule has 0 radical (unpaired) electrons. The molecule has 4 N–H and O–H groups in total. The summed E-state index contributed by atoms with van der Waals surface area (Å²) in [6, 6.07) is 0. The van der Waals surface area contributed by atoms with Crippen molar-refractivity contribution in [1.82, 2.24) is 0 Å². The standard InChI is InChI=1S/C28H46O4/c1-17(2)18(3)6-7-19(4)22-8-9-23-21-14-25(31)28(32)15-20(30)10-13-27(28,16-29)24(21)11-12-26(22,23)5/h6-7,17,19-25,29-32H,3,8-16H2,1-2,4-5H3/b7-6+/t19-,20+,21?,22-,23?,24?,25-,26-,27+,28+/m1/s1. The lowest BCUT2D eigenvalue weighted by Crippen LogP contribution is -2.70. The maximum absolute atomic E-state index is 11.6. The van der Waals surface area contributed by atoms with Gasteiger partial charge >= 0.3 is 0 Å². The van der Waals surface area contributed by atoms with Crippen molar-refractivity contribution in [2.75, 3.05) is 6.61 Å². The molecule has 182 valence electrons. The Balaban J connectivity index is 1.60. The van der Waals surface area contributed by atoms with Crippen LogP contribution < -0.4 is 0 Å². The van der Waals surface area contributed by atoms with Gasteiger partial charge in [-0.25, -0.2) is 0 Å². The molecule has 0 aliphatic heterocycles. The van der Waals surface area contributed by atoms with Crippen molar-refractivity contribution in [2.45, 2.75) is 96.9 Å². The number of aliphatic hydroxyl groups excluding tert-OH is 3. The van der Waals surface area contributed by atoms with E-state index in [2.05, 4.69) is 46.4 Å². The lowest BCUT2D eigenvalue weighted by molar-refractivity contribution is -0.280. The van der Waals surface area contributed by atoms with E-state index >= 15 is 0 Å². The molecule has 4 rings (SSSR count). The molecule has 0 spiro atoms. The Kier molecular flexibility index (Phi) is 6.51. The number of rotatable bonds is 5. The van der Waals surface area contributed by atoms with Crippen molar-refractivity contribution in [3.8, 4) is 0 Å². The minimum Gasteiger partial charge on any atom is -0.396 e. The fourth-order valence-corrected chi connectivity index (χ4v) is 8.87. The lowest BCUT2D eigenvalue weighted by atomic mass is 9.42. The van der Waals surface area contributed by atoms with Crippen LogP contribution in [0.25, 0.3) is 0 Å². The van der Waals surface area contributed by atoms with Crippen molar-refractivity contribution in [2.24, 2.45) is 46.3 Å². The van der Waals surface area contributed by atoms with Crippen molar-refractivity contribution < 1.29 is 20.4 Å². The third kappa shape index (κ3) is 3.47. The number of hydrogen-bond acceptors (Lipinski definition) is 4. The molecular weight excluding hydrogens is 400 g/mol. The van der Waals surface area contributed by atoms with Crippen LogP contribution in [-0.2, 0) is 0 Å². The smallest absolute Gasteiger partial charge is 0.101 e. The first kappa shape index (κ1) is 24.4. The van der Waals surface area contributed by atoms with E-state index in [-0.39, 0.29) is 24.4 Å². The molecule has 0 bridgehead atoms. The van der Waals surface area contributed by atoms with Crippen LogP contribution in [0.4, 0.5) is 0 Å². The van der Waals surface area contributed by atoms with Crippen molar-refractivity contribution in [3.63, 3.8) is 0 Å². The average molecular weight is 447 g/mol. The van der Waals surface area contributed by atoms with Gasteiger partial charge in [0, 0.05) is 11.8 Å². The summed E-state index contributed by atoms with van der Waals surface area (Å²) in [6.07, 6.45) is 9.57. The van der Waals surface area contributed by atoms with Crippen LogP contribution in [0.5, 0.6) is 0 Å². The molecule has 4 nitrogen and oxygen atoms in total. The average Bonchev–Trinajstić information content (AvgIpc) is 3.09. The van der Waals surface area contributed by atoms with Gasteiger partial charge in [-0.3, -0.25) is 0 Å². The molecule has 0 saturated heterocycles. The Morgan fingerprint density at radius 2 is 1.78 bits per heavy atom. The molecule has 0 heterocycles. The third-order valence-corrected chi connectivity index (χ3v) is 10.9. The maximum Gasteiger partial charge on any atom is 0.101 e.